The van der Waals surface area contributed by atoms with Crippen LogP contribution in [0.4, 0.5) is 13.2 Å². The molecule has 0 bridgehead atoms. The number of hydrogen-bond donors (Lipinski definition) is 0. The number of halogens is 3. The highest BCUT2D eigenvalue weighted by atomic mass is 19.4. The molecule has 0 saturated heterocycles. The third-order valence-electron chi connectivity index (χ3n) is 6.29. The number of alkyl halides is 3. The van der Waals surface area contributed by atoms with E-state index in [1.165, 1.54) is 12.1 Å². The van der Waals surface area contributed by atoms with Gasteiger partial charge in [0.25, 0.3) is 0 Å². The summed E-state index contributed by atoms with van der Waals surface area (Å²) in [4.78, 5) is 4.65. The molecule has 1 heterocycles. The molecule has 13 heteroatoms. The van der Waals surface area contributed by atoms with Crippen LogP contribution < -0.4 is 4.74 Å². The van der Waals surface area contributed by atoms with E-state index < -0.39 is 11.7 Å². The number of nitrogens with zero attached hydrogens (tertiary/aromatic N) is 1. The molecule has 47 heavy (non-hydrogen) atoms. The summed E-state index contributed by atoms with van der Waals surface area (Å²) in [5.41, 5.74) is 1.68. The summed E-state index contributed by atoms with van der Waals surface area (Å²) < 4.78 is 87.2. The molecule has 260 valence electrons. The van der Waals surface area contributed by atoms with Gasteiger partial charge in [0.1, 0.15) is 11.5 Å². The van der Waals surface area contributed by atoms with E-state index in [-0.39, 0.29) is 0 Å². The van der Waals surface area contributed by atoms with Gasteiger partial charge in [0.05, 0.1) is 116 Å². The molecule has 3 rings (SSSR count). The van der Waals surface area contributed by atoms with E-state index in [0.717, 1.165) is 29.1 Å². The van der Waals surface area contributed by atoms with E-state index in [0.29, 0.717) is 111 Å². The molecule has 0 radical (unpaired) electrons. The largest absolute Gasteiger partial charge is 0.457 e. The Labute approximate surface area is 273 Å². The fourth-order valence-corrected chi connectivity index (χ4v) is 3.90. The van der Waals surface area contributed by atoms with Crippen molar-refractivity contribution in [2.75, 3.05) is 99.6 Å². The van der Waals surface area contributed by atoms with Crippen LogP contribution in [0.2, 0.25) is 0 Å². The summed E-state index contributed by atoms with van der Waals surface area (Å²) in [6.07, 6.45) is -4.39. The Morgan fingerprint density at radius 1 is 0.511 bits per heavy atom. The monoisotopic (exact) mass is 667 g/mol. The van der Waals surface area contributed by atoms with E-state index in [1.54, 1.807) is 19.2 Å². The van der Waals surface area contributed by atoms with Crippen molar-refractivity contribution in [1.29, 1.82) is 0 Å². The molecule has 0 aliphatic carbocycles. The van der Waals surface area contributed by atoms with Gasteiger partial charge in [-0.05, 0) is 60.7 Å². The molecule has 0 N–H and O–H groups in total. The molecule has 0 unspecified atom stereocenters. The van der Waals surface area contributed by atoms with E-state index >= 15 is 0 Å². The van der Waals surface area contributed by atoms with Crippen LogP contribution in [0.3, 0.4) is 0 Å². The Bertz CT molecular complexity index is 1210. The third kappa shape index (κ3) is 17.0. The first-order valence-corrected chi connectivity index (χ1v) is 15.4. The molecule has 0 fully saturated rings. The van der Waals surface area contributed by atoms with E-state index in [2.05, 4.69) is 4.98 Å². The highest BCUT2D eigenvalue weighted by molar-refractivity contribution is 5.60. The van der Waals surface area contributed by atoms with Gasteiger partial charge in [0.2, 0.25) is 0 Å². The zero-order valence-electron chi connectivity index (χ0n) is 26.7. The van der Waals surface area contributed by atoms with Crippen molar-refractivity contribution in [2.45, 2.75) is 12.8 Å². The number of pyridine rings is 1. The predicted molar refractivity (Wildman–Crippen MR) is 168 cm³/mol. The van der Waals surface area contributed by atoms with Gasteiger partial charge >= 0.3 is 6.18 Å². The number of benzene rings is 2. The van der Waals surface area contributed by atoms with Crippen molar-refractivity contribution in [3.8, 4) is 22.8 Å². The molecule has 0 spiro atoms. The molecule has 0 saturated carbocycles. The fraction of sp³-hybridized carbons (Fsp3) is 0.500. The number of ether oxygens (including phenoxy) is 9. The maximum Gasteiger partial charge on any atom is 0.416 e. The number of methoxy groups -OCH3 is 1. The number of aromatic nitrogens is 1. The Hall–Kier alpha value is -3.14. The van der Waals surface area contributed by atoms with Gasteiger partial charge < -0.3 is 42.6 Å². The first kappa shape index (κ1) is 38.3. The second-order valence-electron chi connectivity index (χ2n) is 9.88. The minimum atomic E-state index is -4.39. The molecular formula is C34H44F3NO9. The lowest BCUT2D eigenvalue weighted by Gasteiger charge is -2.10. The Balaban J connectivity index is 1.15. The Kier molecular flexibility index (Phi) is 18.9. The van der Waals surface area contributed by atoms with Crippen molar-refractivity contribution < 1.29 is 55.8 Å². The average Bonchev–Trinajstić information content (AvgIpc) is 3.07. The second-order valence-corrected chi connectivity index (χ2v) is 9.88. The first-order valence-electron chi connectivity index (χ1n) is 15.4. The Morgan fingerprint density at radius 3 is 1.38 bits per heavy atom. The highest BCUT2D eigenvalue weighted by Gasteiger charge is 2.30. The second kappa shape index (κ2) is 23.2. The van der Waals surface area contributed by atoms with Gasteiger partial charge in [-0.25, -0.2) is 0 Å². The molecule has 1 aromatic heterocycles. The zero-order chi connectivity index (χ0) is 33.4. The van der Waals surface area contributed by atoms with Gasteiger partial charge in [-0.2, -0.15) is 13.2 Å². The van der Waals surface area contributed by atoms with Gasteiger partial charge in [0.15, 0.2) is 0 Å². The topological polar surface area (TPSA) is 96.0 Å². The van der Waals surface area contributed by atoms with E-state index in [9.17, 15) is 13.2 Å². The maximum absolute atomic E-state index is 12.8. The van der Waals surface area contributed by atoms with Crippen LogP contribution in [0, 0.1) is 0 Å². The molecule has 0 aliphatic rings. The molecule has 0 amide bonds. The summed E-state index contributed by atoms with van der Waals surface area (Å²) in [7, 11) is 1.64. The Morgan fingerprint density at radius 2 is 0.936 bits per heavy atom. The van der Waals surface area contributed by atoms with Crippen LogP contribution >= 0.6 is 0 Å². The lowest BCUT2D eigenvalue weighted by molar-refractivity contribution is -0.137. The van der Waals surface area contributed by atoms with Gasteiger partial charge in [0, 0.05) is 12.7 Å². The predicted octanol–water partition coefficient (Wildman–Crippen LogP) is 5.82. The maximum atomic E-state index is 12.8. The van der Waals surface area contributed by atoms with Crippen molar-refractivity contribution >= 4 is 0 Å². The molecule has 3 aromatic rings. The lowest BCUT2D eigenvalue weighted by Crippen LogP contribution is -2.14. The molecular weight excluding hydrogens is 623 g/mol. The third-order valence-corrected chi connectivity index (χ3v) is 6.29. The molecule has 0 atom stereocenters. The smallest absolute Gasteiger partial charge is 0.416 e. The summed E-state index contributed by atoms with van der Waals surface area (Å²) in [6, 6.07) is 17.4. The SMILES string of the molecule is COCCOCCOCCOCCOCCOCCOCCOCc1cccc(-c2ccc(Oc3ccc(C(F)(F)F)cc3)cc2)n1. The number of hydrogen-bond acceptors (Lipinski definition) is 10. The van der Waals surface area contributed by atoms with Crippen molar-refractivity contribution in [2.24, 2.45) is 0 Å². The van der Waals surface area contributed by atoms with Crippen molar-refractivity contribution in [3.05, 3.63) is 78.0 Å². The summed E-state index contributed by atoms with van der Waals surface area (Å²) in [5, 5.41) is 0. The standard InChI is InChI=1S/C34H44F3NO9/c1-39-13-14-40-15-16-41-17-18-42-19-20-43-21-22-44-23-24-45-25-26-46-27-30-3-2-4-33(38-30)28-5-9-31(10-6-28)47-32-11-7-29(8-12-32)34(35,36)37/h2-12H,13-27H2,1H3. The summed E-state index contributed by atoms with van der Waals surface area (Å²) >= 11 is 0. The van der Waals surface area contributed by atoms with Crippen LogP contribution in [-0.2, 0) is 50.7 Å². The van der Waals surface area contributed by atoms with Gasteiger partial charge in [-0.15, -0.1) is 0 Å². The summed E-state index contributed by atoms with van der Waals surface area (Å²) in [5.74, 6) is 0.819. The highest BCUT2D eigenvalue weighted by Crippen LogP contribution is 2.31. The van der Waals surface area contributed by atoms with Crippen LogP contribution in [0.15, 0.2) is 66.7 Å². The lowest BCUT2D eigenvalue weighted by atomic mass is 10.1. The van der Waals surface area contributed by atoms with Crippen LogP contribution in [0.1, 0.15) is 11.3 Å². The minimum Gasteiger partial charge on any atom is -0.457 e. The van der Waals surface area contributed by atoms with Crippen LogP contribution in [0.25, 0.3) is 11.3 Å². The zero-order valence-corrected chi connectivity index (χ0v) is 26.7. The van der Waals surface area contributed by atoms with Crippen molar-refractivity contribution in [1.82, 2.24) is 4.98 Å². The normalized spacial score (nSPS) is 11.7. The van der Waals surface area contributed by atoms with Crippen LogP contribution in [-0.4, -0.2) is 105 Å². The van der Waals surface area contributed by atoms with Gasteiger partial charge in [-0.3, -0.25) is 4.98 Å². The quantitative estimate of drug-likeness (QED) is 0.0975. The number of rotatable bonds is 26. The molecule has 0 aliphatic heterocycles. The van der Waals surface area contributed by atoms with E-state index in [4.69, 9.17) is 42.6 Å². The first-order chi connectivity index (χ1) is 23.0. The summed E-state index contributed by atoms with van der Waals surface area (Å²) in [6.45, 7) is 7.28. The van der Waals surface area contributed by atoms with Crippen molar-refractivity contribution in [3.63, 3.8) is 0 Å². The van der Waals surface area contributed by atoms with Gasteiger partial charge in [-0.1, -0.05) is 6.07 Å². The molecule has 10 nitrogen and oxygen atoms in total. The van der Waals surface area contributed by atoms with Crippen LogP contribution in [0.5, 0.6) is 11.5 Å². The van der Waals surface area contributed by atoms with E-state index in [1.807, 2.05) is 30.3 Å². The fourth-order valence-electron chi connectivity index (χ4n) is 3.90. The minimum absolute atomic E-state index is 0.317. The average molecular weight is 668 g/mol. The molecule has 2 aromatic carbocycles.